The lowest BCUT2D eigenvalue weighted by Gasteiger charge is -2.34. The number of aromatic nitrogens is 3. The average molecular weight is 404 g/mol. The standard InChI is InChI=1S/C18H24N6O3S/c1-12-9-26-6-5-24(12)17-8-16(23-28(2,25)14-10-27-11-14)21-18(22-17)13-3-4-20-15(19)7-13/h3-4,7-8,12,14H,5-6,9-11H2,1-2H3,(H2,19,20)/t12-,28?/m1/s1. The van der Waals surface area contributed by atoms with E-state index in [0.29, 0.717) is 50.4 Å². The molecule has 10 heteroatoms. The van der Waals surface area contributed by atoms with Gasteiger partial charge in [-0.1, -0.05) is 0 Å². The maximum Gasteiger partial charge on any atom is 0.167 e. The van der Waals surface area contributed by atoms with Crippen molar-refractivity contribution in [1.29, 1.82) is 0 Å². The molecular formula is C18H24N6O3S. The number of anilines is 2. The molecule has 0 saturated carbocycles. The molecule has 0 radical (unpaired) electrons. The number of morpholine rings is 1. The highest BCUT2D eigenvalue weighted by Gasteiger charge is 2.28. The molecule has 28 heavy (non-hydrogen) atoms. The van der Waals surface area contributed by atoms with Crippen molar-refractivity contribution in [3.63, 3.8) is 0 Å². The second kappa shape index (κ2) is 7.61. The SMILES string of the molecule is C[C@@H]1COCCN1c1cc(N=S(C)(=O)C2COC2)nc(-c2ccnc(N)c2)n1. The van der Waals surface area contributed by atoms with Gasteiger partial charge >= 0.3 is 0 Å². The number of nitrogens with zero attached hydrogens (tertiary/aromatic N) is 5. The highest BCUT2D eigenvalue weighted by Crippen LogP contribution is 2.28. The monoisotopic (exact) mass is 404 g/mol. The van der Waals surface area contributed by atoms with Crippen LogP contribution in [0, 0.1) is 0 Å². The van der Waals surface area contributed by atoms with E-state index in [9.17, 15) is 4.21 Å². The van der Waals surface area contributed by atoms with E-state index in [2.05, 4.69) is 26.2 Å². The first-order valence-electron chi connectivity index (χ1n) is 9.16. The maximum atomic E-state index is 13.0. The van der Waals surface area contributed by atoms with Crippen molar-refractivity contribution in [3.05, 3.63) is 24.4 Å². The summed E-state index contributed by atoms with van der Waals surface area (Å²) in [7, 11) is -2.47. The Kier molecular flexibility index (Phi) is 5.17. The first-order chi connectivity index (χ1) is 13.4. The summed E-state index contributed by atoms with van der Waals surface area (Å²) in [5.74, 6) is 1.99. The van der Waals surface area contributed by atoms with Gasteiger partial charge in [0.2, 0.25) is 0 Å². The Morgan fingerprint density at radius 3 is 2.75 bits per heavy atom. The van der Waals surface area contributed by atoms with Crippen LogP contribution in [-0.4, -0.2) is 69.7 Å². The molecule has 0 aromatic carbocycles. The van der Waals surface area contributed by atoms with Gasteiger partial charge in [-0.2, -0.15) is 4.36 Å². The fraction of sp³-hybridized carbons (Fsp3) is 0.500. The normalized spacial score (nSPS) is 22.4. The minimum Gasteiger partial charge on any atom is -0.384 e. The Labute approximate surface area is 164 Å². The Bertz CT molecular complexity index is 987. The summed E-state index contributed by atoms with van der Waals surface area (Å²) < 4.78 is 28.2. The van der Waals surface area contributed by atoms with Crippen molar-refractivity contribution in [2.45, 2.75) is 18.2 Å². The van der Waals surface area contributed by atoms with Gasteiger partial charge in [-0.3, -0.25) is 0 Å². The molecule has 1 unspecified atom stereocenters. The number of nitrogens with two attached hydrogens (primary N) is 1. The number of hydrogen-bond donors (Lipinski definition) is 1. The van der Waals surface area contributed by atoms with Crippen molar-refractivity contribution >= 4 is 27.2 Å². The fourth-order valence-corrected chi connectivity index (χ4v) is 4.44. The van der Waals surface area contributed by atoms with Crippen LogP contribution in [0.25, 0.3) is 11.4 Å². The van der Waals surface area contributed by atoms with E-state index < -0.39 is 9.73 Å². The molecule has 2 saturated heterocycles. The first kappa shape index (κ1) is 19.0. The van der Waals surface area contributed by atoms with Gasteiger partial charge < -0.3 is 20.1 Å². The van der Waals surface area contributed by atoms with Crippen LogP contribution < -0.4 is 10.6 Å². The third-order valence-corrected chi connectivity index (χ3v) is 6.96. The Morgan fingerprint density at radius 1 is 1.25 bits per heavy atom. The van der Waals surface area contributed by atoms with E-state index in [-0.39, 0.29) is 11.3 Å². The largest absolute Gasteiger partial charge is 0.384 e. The molecule has 9 nitrogen and oxygen atoms in total. The number of hydrogen-bond acceptors (Lipinski definition) is 9. The maximum absolute atomic E-state index is 13.0. The van der Waals surface area contributed by atoms with Crippen molar-refractivity contribution in [2.24, 2.45) is 4.36 Å². The van der Waals surface area contributed by atoms with Gasteiger partial charge in [0.05, 0.1) is 47.4 Å². The summed E-state index contributed by atoms with van der Waals surface area (Å²) in [4.78, 5) is 15.5. The van der Waals surface area contributed by atoms with Gasteiger partial charge in [0.25, 0.3) is 0 Å². The molecule has 150 valence electrons. The summed E-state index contributed by atoms with van der Waals surface area (Å²) >= 11 is 0. The Balaban J connectivity index is 1.81. The molecule has 2 aromatic heterocycles. The lowest BCUT2D eigenvalue weighted by Crippen LogP contribution is -2.44. The van der Waals surface area contributed by atoms with Crippen LogP contribution in [0.1, 0.15) is 6.92 Å². The zero-order valence-corrected chi connectivity index (χ0v) is 16.8. The molecule has 4 heterocycles. The lowest BCUT2D eigenvalue weighted by molar-refractivity contribution is 0.0431. The van der Waals surface area contributed by atoms with E-state index >= 15 is 0 Å². The molecule has 0 bridgehead atoms. The summed E-state index contributed by atoms with van der Waals surface area (Å²) in [6.45, 7) is 4.97. The highest BCUT2D eigenvalue weighted by atomic mass is 32.2. The van der Waals surface area contributed by atoms with Crippen molar-refractivity contribution in [3.8, 4) is 11.4 Å². The number of pyridine rings is 1. The molecule has 0 aliphatic carbocycles. The predicted octanol–water partition coefficient (Wildman–Crippen LogP) is 1.47. The molecule has 2 aromatic rings. The van der Waals surface area contributed by atoms with Crippen molar-refractivity contribution < 1.29 is 13.7 Å². The molecule has 2 fully saturated rings. The summed E-state index contributed by atoms with van der Waals surface area (Å²) in [6.07, 6.45) is 3.27. The quantitative estimate of drug-likeness (QED) is 0.814. The molecule has 0 spiro atoms. The fourth-order valence-electron chi connectivity index (χ4n) is 3.13. The molecule has 2 atom stereocenters. The van der Waals surface area contributed by atoms with Crippen LogP contribution in [-0.2, 0) is 19.2 Å². The minimum absolute atomic E-state index is 0.0757. The third kappa shape index (κ3) is 3.94. The van der Waals surface area contributed by atoms with Gasteiger partial charge in [0.15, 0.2) is 11.6 Å². The van der Waals surface area contributed by atoms with E-state index in [1.807, 2.05) is 0 Å². The van der Waals surface area contributed by atoms with E-state index in [4.69, 9.17) is 20.2 Å². The zero-order chi connectivity index (χ0) is 19.7. The molecule has 2 aliphatic rings. The van der Waals surface area contributed by atoms with Crippen molar-refractivity contribution in [2.75, 3.05) is 49.9 Å². The van der Waals surface area contributed by atoms with E-state index in [1.165, 1.54) is 0 Å². The van der Waals surface area contributed by atoms with Gasteiger partial charge in [-0.25, -0.2) is 19.2 Å². The summed E-state index contributed by atoms with van der Waals surface area (Å²) in [5.41, 5.74) is 6.56. The molecule has 0 amide bonds. The summed E-state index contributed by atoms with van der Waals surface area (Å²) in [5, 5.41) is -0.0757. The third-order valence-electron chi connectivity index (χ3n) is 4.90. The van der Waals surface area contributed by atoms with Gasteiger partial charge in [-0.05, 0) is 19.1 Å². The lowest BCUT2D eigenvalue weighted by atomic mass is 10.2. The van der Waals surface area contributed by atoms with Crippen molar-refractivity contribution in [1.82, 2.24) is 15.0 Å². The summed E-state index contributed by atoms with van der Waals surface area (Å²) in [6, 6.07) is 5.47. The van der Waals surface area contributed by atoms with Crippen LogP contribution >= 0.6 is 0 Å². The van der Waals surface area contributed by atoms with Crippen LogP contribution in [0.5, 0.6) is 0 Å². The number of rotatable bonds is 4. The number of nitrogen functional groups attached to an aromatic ring is 1. The van der Waals surface area contributed by atoms with Crippen LogP contribution in [0.2, 0.25) is 0 Å². The first-order valence-corrected chi connectivity index (χ1v) is 11.1. The van der Waals surface area contributed by atoms with Crippen LogP contribution in [0.15, 0.2) is 28.8 Å². The topological polar surface area (TPSA) is 116 Å². The minimum atomic E-state index is -2.47. The van der Waals surface area contributed by atoms with Gasteiger partial charge in [0.1, 0.15) is 11.6 Å². The smallest absolute Gasteiger partial charge is 0.167 e. The molecule has 4 rings (SSSR count). The van der Waals surface area contributed by atoms with E-state index in [0.717, 1.165) is 11.4 Å². The number of ether oxygens (including phenoxy) is 2. The average Bonchev–Trinajstić information content (AvgIpc) is 2.59. The molecule has 2 aliphatic heterocycles. The second-order valence-corrected chi connectivity index (χ2v) is 9.68. The van der Waals surface area contributed by atoms with Gasteiger partial charge in [-0.15, -0.1) is 0 Å². The van der Waals surface area contributed by atoms with Crippen LogP contribution in [0.3, 0.4) is 0 Å². The molecular weight excluding hydrogens is 380 g/mol. The molecule has 2 N–H and O–H groups in total. The zero-order valence-electron chi connectivity index (χ0n) is 15.9. The highest BCUT2D eigenvalue weighted by molar-refractivity contribution is 7.93. The Morgan fingerprint density at radius 2 is 2.07 bits per heavy atom. The van der Waals surface area contributed by atoms with E-state index in [1.54, 1.807) is 30.7 Å². The Hall–Kier alpha value is -2.30. The van der Waals surface area contributed by atoms with Gasteiger partial charge in [0, 0.05) is 30.6 Å². The second-order valence-electron chi connectivity index (χ2n) is 7.11. The van der Waals surface area contributed by atoms with Crippen LogP contribution in [0.4, 0.5) is 17.5 Å². The predicted molar refractivity (Wildman–Crippen MR) is 108 cm³/mol.